The molecule has 0 unspecified atom stereocenters. The molecule has 14 heavy (non-hydrogen) atoms. The third kappa shape index (κ3) is 2.43. The average molecular weight is 199 g/mol. The number of halogens is 3. The van der Waals surface area contributed by atoms with Gasteiger partial charge in [-0.1, -0.05) is 5.92 Å². The number of hydrogen-bond donors (Lipinski definition) is 1. The summed E-state index contributed by atoms with van der Waals surface area (Å²) in [5.41, 5.74) is -0.217. The Morgan fingerprint density at radius 3 is 2.64 bits per heavy atom. The molecule has 0 amide bonds. The van der Waals surface area contributed by atoms with Gasteiger partial charge in [0, 0.05) is 12.1 Å². The van der Waals surface area contributed by atoms with Crippen LogP contribution in [0.3, 0.4) is 0 Å². The lowest BCUT2D eigenvalue weighted by Gasteiger charge is -2.04. The van der Waals surface area contributed by atoms with E-state index in [1.165, 1.54) is 0 Å². The molecule has 0 radical (unpaired) electrons. The highest BCUT2D eigenvalue weighted by Crippen LogP contribution is 2.18. The van der Waals surface area contributed by atoms with Crippen LogP contribution in [0.2, 0.25) is 0 Å². The van der Waals surface area contributed by atoms with E-state index in [1.807, 2.05) is 0 Å². The van der Waals surface area contributed by atoms with E-state index in [2.05, 4.69) is 17.2 Å². The van der Waals surface area contributed by atoms with Crippen LogP contribution in [0.4, 0.5) is 18.9 Å². The zero-order valence-corrected chi connectivity index (χ0v) is 7.50. The van der Waals surface area contributed by atoms with Crippen LogP contribution >= 0.6 is 0 Å². The molecule has 0 saturated carbocycles. The summed E-state index contributed by atoms with van der Waals surface area (Å²) in [5.74, 6) is 2.03. The highest BCUT2D eigenvalue weighted by molar-refractivity contribution is 5.46. The second-order valence-electron chi connectivity index (χ2n) is 2.53. The van der Waals surface area contributed by atoms with E-state index in [4.69, 9.17) is 0 Å². The zero-order valence-electron chi connectivity index (χ0n) is 7.50. The molecule has 1 N–H and O–H groups in total. The van der Waals surface area contributed by atoms with Gasteiger partial charge in [0.15, 0.2) is 11.6 Å². The van der Waals surface area contributed by atoms with Gasteiger partial charge in [0.2, 0.25) is 0 Å². The molecule has 74 valence electrons. The molecule has 0 aromatic heterocycles. The Labute approximate surface area is 79.9 Å². The van der Waals surface area contributed by atoms with Crippen molar-refractivity contribution in [2.24, 2.45) is 0 Å². The van der Waals surface area contributed by atoms with Crippen LogP contribution in [0.25, 0.3) is 0 Å². The Bertz CT molecular complexity index is 390. The topological polar surface area (TPSA) is 12.0 Å². The van der Waals surface area contributed by atoms with Gasteiger partial charge in [0.05, 0.1) is 12.2 Å². The predicted octanol–water partition coefficient (Wildman–Crippen LogP) is 2.54. The molecule has 0 saturated heterocycles. The van der Waals surface area contributed by atoms with Crippen molar-refractivity contribution in [3.63, 3.8) is 0 Å². The monoisotopic (exact) mass is 199 g/mol. The van der Waals surface area contributed by atoms with Gasteiger partial charge < -0.3 is 5.32 Å². The Hall–Kier alpha value is -1.63. The van der Waals surface area contributed by atoms with Gasteiger partial charge in [-0.2, -0.15) is 0 Å². The summed E-state index contributed by atoms with van der Waals surface area (Å²) in [6.07, 6.45) is 0. The van der Waals surface area contributed by atoms with Crippen molar-refractivity contribution in [3.05, 3.63) is 29.6 Å². The van der Waals surface area contributed by atoms with Crippen molar-refractivity contribution in [2.45, 2.75) is 6.92 Å². The van der Waals surface area contributed by atoms with Gasteiger partial charge >= 0.3 is 0 Å². The smallest absolute Gasteiger partial charge is 0.182 e. The van der Waals surface area contributed by atoms with Crippen LogP contribution < -0.4 is 5.32 Å². The minimum absolute atomic E-state index is 0.149. The molecule has 0 fully saturated rings. The molecular weight excluding hydrogens is 191 g/mol. The SMILES string of the molecule is CC#CCNc1cc(F)cc(F)c1F. The summed E-state index contributed by atoms with van der Waals surface area (Å²) in [6.45, 7) is 1.76. The first kappa shape index (κ1) is 10.5. The molecule has 1 rings (SSSR count). The molecule has 1 nitrogen and oxygen atoms in total. The molecule has 0 bridgehead atoms. The summed E-state index contributed by atoms with van der Waals surface area (Å²) < 4.78 is 38.2. The summed E-state index contributed by atoms with van der Waals surface area (Å²) in [5, 5.41) is 2.47. The quantitative estimate of drug-likeness (QED) is 0.570. The van der Waals surface area contributed by atoms with Crippen molar-refractivity contribution < 1.29 is 13.2 Å². The molecule has 0 heterocycles. The normalized spacial score (nSPS) is 9.14. The van der Waals surface area contributed by atoms with Gasteiger partial charge in [0.25, 0.3) is 0 Å². The van der Waals surface area contributed by atoms with Gasteiger partial charge in [-0.15, -0.1) is 5.92 Å². The van der Waals surface area contributed by atoms with Crippen LogP contribution in [-0.4, -0.2) is 6.54 Å². The van der Waals surface area contributed by atoms with E-state index >= 15 is 0 Å². The summed E-state index contributed by atoms with van der Waals surface area (Å²) in [7, 11) is 0. The number of rotatable bonds is 2. The first-order valence-electron chi connectivity index (χ1n) is 3.93. The molecule has 0 aliphatic heterocycles. The van der Waals surface area contributed by atoms with Crippen LogP contribution in [-0.2, 0) is 0 Å². The summed E-state index contributed by atoms with van der Waals surface area (Å²) >= 11 is 0. The molecule has 1 aromatic carbocycles. The van der Waals surface area contributed by atoms with E-state index in [-0.39, 0.29) is 12.2 Å². The van der Waals surface area contributed by atoms with Crippen LogP contribution in [0, 0.1) is 29.3 Å². The molecule has 4 heteroatoms. The highest BCUT2D eigenvalue weighted by atomic mass is 19.2. The zero-order chi connectivity index (χ0) is 10.6. The van der Waals surface area contributed by atoms with Gasteiger partial charge in [-0.05, 0) is 6.92 Å². The van der Waals surface area contributed by atoms with Crippen molar-refractivity contribution in [1.29, 1.82) is 0 Å². The lowest BCUT2D eigenvalue weighted by atomic mass is 10.3. The van der Waals surface area contributed by atoms with Gasteiger partial charge in [0.1, 0.15) is 5.82 Å². The number of hydrogen-bond acceptors (Lipinski definition) is 1. The average Bonchev–Trinajstić information content (AvgIpc) is 2.13. The minimum atomic E-state index is -1.21. The van der Waals surface area contributed by atoms with E-state index in [0.717, 1.165) is 6.07 Å². The van der Waals surface area contributed by atoms with Gasteiger partial charge in [-0.25, -0.2) is 13.2 Å². The molecule has 0 spiro atoms. The van der Waals surface area contributed by atoms with Crippen LogP contribution in [0.15, 0.2) is 12.1 Å². The minimum Gasteiger partial charge on any atom is -0.372 e. The maximum Gasteiger partial charge on any atom is 0.182 e. The highest BCUT2D eigenvalue weighted by Gasteiger charge is 2.09. The fourth-order valence-corrected chi connectivity index (χ4v) is 0.912. The van der Waals surface area contributed by atoms with E-state index in [0.29, 0.717) is 6.07 Å². The standard InChI is InChI=1S/C10H8F3N/c1-2-3-4-14-9-6-7(11)5-8(12)10(9)13/h5-6,14H,4H2,1H3. The number of benzene rings is 1. The Balaban J connectivity index is 2.88. The Morgan fingerprint density at radius 1 is 1.29 bits per heavy atom. The second kappa shape index (κ2) is 4.56. The second-order valence-corrected chi connectivity index (χ2v) is 2.53. The lowest BCUT2D eigenvalue weighted by Crippen LogP contribution is -2.03. The Kier molecular flexibility index (Phi) is 3.41. The Morgan fingerprint density at radius 2 is 2.00 bits per heavy atom. The van der Waals surface area contributed by atoms with Crippen molar-refractivity contribution in [2.75, 3.05) is 11.9 Å². The van der Waals surface area contributed by atoms with Gasteiger partial charge in [-0.3, -0.25) is 0 Å². The lowest BCUT2D eigenvalue weighted by molar-refractivity contribution is 0.498. The maximum atomic E-state index is 13.0. The molecular formula is C10H8F3N. The molecule has 0 aliphatic carbocycles. The largest absolute Gasteiger partial charge is 0.372 e. The molecule has 1 aromatic rings. The fraction of sp³-hybridized carbons (Fsp3) is 0.200. The maximum absolute atomic E-state index is 13.0. The third-order valence-corrected chi connectivity index (χ3v) is 1.54. The summed E-state index contributed by atoms with van der Waals surface area (Å²) in [4.78, 5) is 0. The molecule has 0 atom stereocenters. The van der Waals surface area contributed by atoms with E-state index < -0.39 is 17.5 Å². The predicted molar refractivity (Wildman–Crippen MR) is 48.3 cm³/mol. The number of anilines is 1. The van der Waals surface area contributed by atoms with Crippen molar-refractivity contribution >= 4 is 5.69 Å². The molecule has 0 aliphatic rings. The van der Waals surface area contributed by atoms with Crippen LogP contribution in [0.1, 0.15) is 6.92 Å². The van der Waals surface area contributed by atoms with Crippen LogP contribution in [0.5, 0.6) is 0 Å². The van der Waals surface area contributed by atoms with E-state index in [1.54, 1.807) is 6.92 Å². The summed E-state index contributed by atoms with van der Waals surface area (Å²) in [6, 6.07) is 1.38. The number of nitrogens with one attached hydrogen (secondary N) is 1. The first-order chi connectivity index (χ1) is 6.65. The van der Waals surface area contributed by atoms with Crippen molar-refractivity contribution in [1.82, 2.24) is 0 Å². The third-order valence-electron chi connectivity index (χ3n) is 1.54. The first-order valence-corrected chi connectivity index (χ1v) is 3.93. The van der Waals surface area contributed by atoms with E-state index in [9.17, 15) is 13.2 Å². The van der Waals surface area contributed by atoms with Crippen molar-refractivity contribution in [3.8, 4) is 11.8 Å². The fourth-order valence-electron chi connectivity index (χ4n) is 0.912.